The van der Waals surface area contributed by atoms with Gasteiger partial charge in [-0.1, -0.05) is 47.5 Å². The molecule has 0 radical (unpaired) electrons. The number of alkyl halides is 1. The largest absolute Gasteiger partial charge is 0.497 e. The van der Waals surface area contributed by atoms with Crippen molar-refractivity contribution in [1.29, 1.82) is 0 Å². The molecule has 1 fully saturated rings. The van der Waals surface area contributed by atoms with Gasteiger partial charge < -0.3 is 23.8 Å². The number of halogens is 1. The van der Waals surface area contributed by atoms with Crippen molar-refractivity contribution in [3.8, 4) is 17.2 Å². The molecule has 3 atom stereocenters. The van der Waals surface area contributed by atoms with E-state index in [2.05, 4.69) is 27.8 Å². The first-order chi connectivity index (χ1) is 19.0. The van der Waals surface area contributed by atoms with Gasteiger partial charge >= 0.3 is 5.97 Å². The Morgan fingerprint density at radius 1 is 1.03 bits per heavy atom. The van der Waals surface area contributed by atoms with E-state index in [-0.39, 0.29) is 43.8 Å². The molecule has 0 aliphatic carbocycles. The van der Waals surface area contributed by atoms with Gasteiger partial charge in [-0.15, -0.1) is 0 Å². The van der Waals surface area contributed by atoms with Crippen LogP contribution in [0, 0.1) is 5.92 Å². The first kappa shape index (κ1) is 29.2. The highest BCUT2D eigenvalue weighted by Crippen LogP contribution is 2.48. The van der Waals surface area contributed by atoms with Gasteiger partial charge in [-0.3, -0.25) is 14.5 Å². The number of ether oxygens (including phenoxy) is 4. The molecule has 9 heteroatoms. The molecule has 0 saturated carbocycles. The minimum absolute atomic E-state index is 0.0804. The predicted molar refractivity (Wildman–Crippen MR) is 153 cm³/mol. The van der Waals surface area contributed by atoms with E-state index in [4.69, 9.17) is 18.9 Å². The fourth-order valence-corrected chi connectivity index (χ4v) is 5.78. The Morgan fingerprint density at radius 2 is 1.74 bits per heavy atom. The summed E-state index contributed by atoms with van der Waals surface area (Å²) in [5, 5.41) is 0.845. The summed E-state index contributed by atoms with van der Waals surface area (Å²) in [7, 11) is 1.63. The molecule has 1 saturated heterocycles. The second kappa shape index (κ2) is 14.0. The van der Waals surface area contributed by atoms with E-state index in [1.807, 2.05) is 54.3 Å². The minimum Gasteiger partial charge on any atom is -0.497 e. The van der Waals surface area contributed by atoms with Crippen LogP contribution in [0.5, 0.6) is 17.2 Å². The third kappa shape index (κ3) is 6.87. The first-order valence-electron chi connectivity index (χ1n) is 13.8. The molecule has 2 aliphatic rings. The molecule has 1 amide bonds. The molecule has 2 aromatic rings. The summed E-state index contributed by atoms with van der Waals surface area (Å²) in [6.45, 7) is 6.62. The van der Waals surface area contributed by atoms with E-state index < -0.39 is 5.92 Å². The lowest BCUT2D eigenvalue weighted by molar-refractivity contribution is -0.150. The summed E-state index contributed by atoms with van der Waals surface area (Å²) in [4.78, 5) is 31.4. The predicted octanol–water partition coefficient (Wildman–Crippen LogP) is 5.16. The molecule has 0 unspecified atom stereocenters. The molecule has 2 aromatic carbocycles. The number of nitrogens with zero attached hydrogens (tertiary/aromatic N) is 2. The summed E-state index contributed by atoms with van der Waals surface area (Å²) >= 11 is 3.50. The maximum absolute atomic E-state index is 13.7. The summed E-state index contributed by atoms with van der Waals surface area (Å²) in [5.74, 6) is 1.23. The number of amides is 1. The zero-order valence-corrected chi connectivity index (χ0v) is 24.7. The van der Waals surface area contributed by atoms with Crippen LogP contribution in [0.1, 0.15) is 56.2 Å². The van der Waals surface area contributed by atoms with Crippen molar-refractivity contribution in [2.24, 2.45) is 5.92 Å². The highest BCUT2D eigenvalue weighted by atomic mass is 79.9. The Hall–Kier alpha value is -2.78. The van der Waals surface area contributed by atoms with Gasteiger partial charge in [0.05, 0.1) is 26.2 Å². The van der Waals surface area contributed by atoms with E-state index in [1.54, 1.807) is 7.11 Å². The number of likely N-dealkylation sites (tertiary alicyclic amines) is 1. The van der Waals surface area contributed by atoms with Gasteiger partial charge in [0.1, 0.15) is 5.75 Å². The van der Waals surface area contributed by atoms with E-state index in [0.29, 0.717) is 24.6 Å². The summed E-state index contributed by atoms with van der Waals surface area (Å²) in [5.41, 5.74) is 1.92. The Balaban J connectivity index is 1.71. The second-order valence-electron chi connectivity index (χ2n) is 9.92. The number of fused-ring (bicyclic) bond motifs is 1. The van der Waals surface area contributed by atoms with E-state index in [1.165, 1.54) is 0 Å². The van der Waals surface area contributed by atoms with Crippen LogP contribution in [0.2, 0.25) is 0 Å². The van der Waals surface area contributed by atoms with E-state index in [0.717, 1.165) is 48.0 Å². The maximum Gasteiger partial charge on any atom is 0.311 e. The standard InChI is InChI=1S/C30H39BrN2O6/c1-4-6-15-32(16-7-14-31)27(34)19-33-18-24(22-10-13-25-26(17-22)39-20-38-25)28(30(35)37-5-2)29(33)21-8-11-23(36-3)12-9-21/h8-13,17,24,28-29H,4-7,14-16,18-20H2,1-3H3/t24-,28+,29-/m1/s1. The lowest BCUT2D eigenvalue weighted by Crippen LogP contribution is -2.42. The first-order valence-corrected chi connectivity index (χ1v) is 14.9. The normalized spacial score (nSPS) is 20.2. The molecular formula is C30H39BrN2O6. The lowest BCUT2D eigenvalue weighted by Gasteiger charge is -2.30. The molecule has 8 nitrogen and oxygen atoms in total. The van der Waals surface area contributed by atoms with Crippen LogP contribution >= 0.6 is 15.9 Å². The van der Waals surface area contributed by atoms with Gasteiger partial charge in [-0.05, 0) is 55.2 Å². The quantitative estimate of drug-likeness (QED) is 0.231. The van der Waals surface area contributed by atoms with Gasteiger partial charge in [0.15, 0.2) is 11.5 Å². The molecule has 0 bridgehead atoms. The van der Waals surface area contributed by atoms with Crippen LogP contribution in [-0.4, -0.2) is 73.7 Å². The summed E-state index contributed by atoms with van der Waals surface area (Å²) in [6, 6.07) is 13.3. The zero-order chi connectivity index (χ0) is 27.8. The number of unbranched alkanes of at least 4 members (excludes halogenated alkanes) is 1. The van der Waals surface area contributed by atoms with Crippen molar-refractivity contribution in [3.05, 3.63) is 53.6 Å². The Labute approximate surface area is 239 Å². The van der Waals surface area contributed by atoms with Gasteiger partial charge in [0.25, 0.3) is 0 Å². The smallest absolute Gasteiger partial charge is 0.311 e. The molecule has 2 aliphatic heterocycles. The highest BCUT2D eigenvalue weighted by Gasteiger charge is 2.49. The third-order valence-corrected chi connectivity index (χ3v) is 8.03. The molecule has 39 heavy (non-hydrogen) atoms. The van der Waals surface area contributed by atoms with Crippen LogP contribution in [0.15, 0.2) is 42.5 Å². The number of methoxy groups -OCH3 is 1. The van der Waals surface area contributed by atoms with Gasteiger partial charge in [0.2, 0.25) is 12.7 Å². The Kier molecular flexibility index (Phi) is 10.5. The van der Waals surface area contributed by atoms with Gasteiger partial charge in [0, 0.05) is 36.9 Å². The van der Waals surface area contributed by atoms with Crippen molar-refractivity contribution in [2.45, 2.75) is 45.1 Å². The molecule has 2 heterocycles. The van der Waals surface area contributed by atoms with Crippen LogP contribution < -0.4 is 14.2 Å². The topological polar surface area (TPSA) is 77.5 Å². The zero-order valence-electron chi connectivity index (χ0n) is 23.1. The second-order valence-corrected chi connectivity index (χ2v) is 10.7. The summed E-state index contributed by atoms with van der Waals surface area (Å²) < 4.78 is 22.2. The lowest BCUT2D eigenvalue weighted by atomic mass is 9.82. The average molecular weight is 604 g/mol. The SMILES string of the molecule is CCCCN(CCCBr)C(=O)CN1C[C@H](c2ccc3c(c2)OCO3)[C@H](C(=O)OCC)[C@H]1c1ccc(OC)cc1. The third-order valence-electron chi connectivity index (χ3n) is 7.47. The van der Waals surface area contributed by atoms with Crippen molar-refractivity contribution >= 4 is 27.8 Å². The fraction of sp³-hybridized carbons (Fsp3) is 0.533. The van der Waals surface area contributed by atoms with Gasteiger partial charge in [-0.2, -0.15) is 0 Å². The van der Waals surface area contributed by atoms with Crippen LogP contribution in [-0.2, 0) is 14.3 Å². The minimum atomic E-state index is -0.502. The molecule has 212 valence electrons. The fourth-order valence-electron chi connectivity index (χ4n) is 5.53. The number of carbonyl (C=O) groups excluding carboxylic acids is 2. The van der Waals surface area contributed by atoms with Crippen LogP contribution in [0.4, 0.5) is 0 Å². The maximum atomic E-state index is 13.7. The van der Waals surface area contributed by atoms with E-state index in [9.17, 15) is 9.59 Å². The molecule has 4 rings (SSSR count). The van der Waals surface area contributed by atoms with Crippen molar-refractivity contribution < 1.29 is 28.5 Å². The average Bonchev–Trinajstić information content (AvgIpc) is 3.57. The number of benzene rings is 2. The Bertz CT molecular complexity index is 1100. The highest BCUT2D eigenvalue weighted by molar-refractivity contribution is 9.09. The number of esters is 1. The molecular weight excluding hydrogens is 564 g/mol. The monoisotopic (exact) mass is 602 g/mol. The van der Waals surface area contributed by atoms with Crippen LogP contribution in [0.25, 0.3) is 0 Å². The van der Waals surface area contributed by atoms with Crippen LogP contribution in [0.3, 0.4) is 0 Å². The van der Waals surface area contributed by atoms with Crippen molar-refractivity contribution in [1.82, 2.24) is 9.80 Å². The van der Waals surface area contributed by atoms with Crippen molar-refractivity contribution in [3.63, 3.8) is 0 Å². The van der Waals surface area contributed by atoms with Gasteiger partial charge in [-0.25, -0.2) is 0 Å². The summed E-state index contributed by atoms with van der Waals surface area (Å²) in [6.07, 6.45) is 2.87. The van der Waals surface area contributed by atoms with E-state index >= 15 is 0 Å². The molecule has 0 spiro atoms. The molecule has 0 N–H and O–H groups in total. The Morgan fingerprint density at radius 3 is 2.44 bits per heavy atom. The number of hydrogen-bond acceptors (Lipinski definition) is 7. The number of hydrogen-bond donors (Lipinski definition) is 0. The van der Waals surface area contributed by atoms with Crippen molar-refractivity contribution in [2.75, 3.05) is 52.0 Å². The molecule has 0 aromatic heterocycles. The number of rotatable bonds is 13. The number of carbonyl (C=O) groups is 2.